The van der Waals surface area contributed by atoms with E-state index in [1.165, 1.54) is 25.7 Å². The van der Waals surface area contributed by atoms with Crippen LogP contribution in [-0.4, -0.2) is 25.8 Å². The molecule has 0 saturated heterocycles. The van der Waals surface area contributed by atoms with Gasteiger partial charge in [0.05, 0.1) is 6.61 Å². The van der Waals surface area contributed by atoms with Gasteiger partial charge < -0.3 is 10.1 Å². The van der Waals surface area contributed by atoms with Crippen molar-refractivity contribution in [1.29, 1.82) is 0 Å². The SMILES string of the molecule is CCOCCN[C@@H]1C[C@H]2CC[C@H]1C2. The summed E-state index contributed by atoms with van der Waals surface area (Å²) in [5.41, 5.74) is 0. The second kappa shape index (κ2) is 4.43. The van der Waals surface area contributed by atoms with E-state index in [1.807, 2.05) is 0 Å². The van der Waals surface area contributed by atoms with Crippen molar-refractivity contribution in [2.45, 2.75) is 38.6 Å². The van der Waals surface area contributed by atoms with Crippen molar-refractivity contribution in [3.05, 3.63) is 0 Å². The Morgan fingerprint density at radius 2 is 2.23 bits per heavy atom. The summed E-state index contributed by atoms with van der Waals surface area (Å²) in [6, 6.07) is 0.819. The molecule has 0 aromatic heterocycles. The van der Waals surface area contributed by atoms with E-state index >= 15 is 0 Å². The Bertz CT molecular complexity index is 160. The van der Waals surface area contributed by atoms with Gasteiger partial charge in [0.15, 0.2) is 0 Å². The topological polar surface area (TPSA) is 21.3 Å². The number of nitrogens with one attached hydrogen (secondary N) is 1. The van der Waals surface area contributed by atoms with Gasteiger partial charge in [-0.15, -0.1) is 0 Å². The molecule has 0 heterocycles. The number of hydrogen-bond acceptors (Lipinski definition) is 2. The molecule has 1 N–H and O–H groups in total. The van der Waals surface area contributed by atoms with Crippen molar-refractivity contribution in [1.82, 2.24) is 5.32 Å². The van der Waals surface area contributed by atoms with Crippen molar-refractivity contribution < 1.29 is 4.74 Å². The first-order valence-electron chi connectivity index (χ1n) is 5.71. The Labute approximate surface area is 81.0 Å². The summed E-state index contributed by atoms with van der Waals surface area (Å²) in [6.45, 7) is 4.82. The van der Waals surface area contributed by atoms with Crippen molar-refractivity contribution in [2.75, 3.05) is 19.8 Å². The van der Waals surface area contributed by atoms with E-state index in [0.29, 0.717) is 0 Å². The molecule has 0 unspecified atom stereocenters. The number of hydrogen-bond donors (Lipinski definition) is 1. The van der Waals surface area contributed by atoms with Crippen LogP contribution in [0.5, 0.6) is 0 Å². The number of rotatable bonds is 5. The third-order valence-corrected chi connectivity index (χ3v) is 3.60. The average molecular weight is 183 g/mol. The molecule has 2 fully saturated rings. The zero-order chi connectivity index (χ0) is 9.10. The first-order chi connectivity index (χ1) is 6.40. The summed E-state index contributed by atoms with van der Waals surface area (Å²) in [7, 11) is 0. The number of ether oxygens (including phenoxy) is 1. The van der Waals surface area contributed by atoms with Gasteiger partial charge in [0.2, 0.25) is 0 Å². The normalized spacial score (nSPS) is 37.2. The Kier molecular flexibility index (Phi) is 3.23. The van der Waals surface area contributed by atoms with E-state index in [4.69, 9.17) is 4.74 Å². The average Bonchev–Trinajstić information content (AvgIpc) is 2.73. The molecule has 0 spiro atoms. The molecule has 2 rings (SSSR count). The zero-order valence-electron chi connectivity index (χ0n) is 8.59. The molecule has 3 atom stereocenters. The fourth-order valence-corrected chi connectivity index (χ4v) is 2.96. The van der Waals surface area contributed by atoms with E-state index in [2.05, 4.69) is 12.2 Å². The molecule has 2 saturated carbocycles. The van der Waals surface area contributed by atoms with E-state index < -0.39 is 0 Å². The van der Waals surface area contributed by atoms with Gasteiger partial charge in [-0.1, -0.05) is 6.42 Å². The van der Waals surface area contributed by atoms with E-state index in [1.54, 1.807) is 0 Å². The highest BCUT2D eigenvalue weighted by atomic mass is 16.5. The monoisotopic (exact) mass is 183 g/mol. The minimum Gasteiger partial charge on any atom is -0.380 e. The summed E-state index contributed by atoms with van der Waals surface area (Å²) in [5, 5.41) is 3.62. The quantitative estimate of drug-likeness (QED) is 0.656. The Hall–Kier alpha value is -0.0800. The molecule has 2 aliphatic carbocycles. The summed E-state index contributed by atoms with van der Waals surface area (Å²) in [4.78, 5) is 0. The van der Waals surface area contributed by atoms with Crippen LogP contribution in [0.15, 0.2) is 0 Å². The summed E-state index contributed by atoms with van der Waals surface area (Å²) < 4.78 is 5.31. The fourth-order valence-electron chi connectivity index (χ4n) is 2.96. The molecular formula is C11H21NO. The molecule has 2 heteroatoms. The lowest BCUT2D eigenvalue weighted by molar-refractivity contribution is 0.144. The standard InChI is InChI=1S/C11H21NO/c1-2-13-6-5-12-11-8-9-3-4-10(11)7-9/h9-12H,2-8H2,1H3/t9-,10-,11+/m0/s1. The predicted octanol–water partition coefficient (Wildman–Crippen LogP) is 1.80. The molecule has 2 bridgehead atoms. The first kappa shape index (κ1) is 9.47. The van der Waals surface area contributed by atoms with Crippen LogP contribution in [0.4, 0.5) is 0 Å². The lowest BCUT2D eigenvalue weighted by Gasteiger charge is -2.22. The van der Waals surface area contributed by atoms with Gasteiger partial charge in [-0.25, -0.2) is 0 Å². The van der Waals surface area contributed by atoms with E-state index in [9.17, 15) is 0 Å². The fraction of sp³-hybridized carbons (Fsp3) is 1.00. The molecular weight excluding hydrogens is 162 g/mol. The molecule has 2 nitrogen and oxygen atoms in total. The molecule has 0 aliphatic heterocycles. The molecule has 0 aromatic rings. The highest BCUT2D eigenvalue weighted by molar-refractivity contribution is 4.93. The van der Waals surface area contributed by atoms with E-state index in [-0.39, 0.29) is 0 Å². The van der Waals surface area contributed by atoms with Gasteiger partial charge in [-0.05, 0) is 38.0 Å². The molecule has 2 aliphatic rings. The van der Waals surface area contributed by atoms with Crippen LogP contribution >= 0.6 is 0 Å². The predicted molar refractivity (Wildman–Crippen MR) is 53.7 cm³/mol. The lowest BCUT2D eigenvalue weighted by atomic mass is 9.95. The Morgan fingerprint density at radius 3 is 2.85 bits per heavy atom. The van der Waals surface area contributed by atoms with Gasteiger partial charge in [0.1, 0.15) is 0 Å². The van der Waals surface area contributed by atoms with Crippen molar-refractivity contribution in [3.63, 3.8) is 0 Å². The van der Waals surface area contributed by atoms with Crippen molar-refractivity contribution in [2.24, 2.45) is 11.8 Å². The maximum absolute atomic E-state index is 5.31. The summed E-state index contributed by atoms with van der Waals surface area (Å²) in [5.74, 6) is 2.04. The summed E-state index contributed by atoms with van der Waals surface area (Å²) in [6.07, 6.45) is 5.88. The van der Waals surface area contributed by atoms with Crippen LogP contribution in [0.3, 0.4) is 0 Å². The van der Waals surface area contributed by atoms with Crippen molar-refractivity contribution >= 4 is 0 Å². The second-order valence-corrected chi connectivity index (χ2v) is 4.43. The van der Waals surface area contributed by atoms with Crippen LogP contribution < -0.4 is 5.32 Å². The Morgan fingerprint density at radius 1 is 1.31 bits per heavy atom. The molecule has 0 radical (unpaired) electrons. The molecule has 0 amide bonds. The van der Waals surface area contributed by atoms with Crippen molar-refractivity contribution in [3.8, 4) is 0 Å². The minimum atomic E-state index is 0.819. The second-order valence-electron chi connectivity index (χ2n) is 4.43. The maximum Gasteiger partial charge on any atom is 0.0590 e. The van der Waals surface area contributed by atoms with Gasteiger partial charge in [0.25, 0.3) is 0 Å². The van der Waals surface area contributed by atoms with Crippen LogP contribution in [0.1, 0.15) is 32.6 Å². The van der Waals surface area contributed by atoms with Crippen LogP contribution in [0.2, 0.25) is 0 Å². The third kappa shape index (κ3) is 2.23. The lowest BCUT2D eigenvalue weighted by Crippen LogP contribution is -2.36. The largest absolute Gasteiger partial charge is 0.380 e. The van der Waals surface area contributed by atoms with Crippen LogP contribution in [0.25, 0.3) is 0 Å². The smallest absolute Gasteiger partial charge is 0.0590 e. The highest BCUT2D eigenvalue weighted by Gasteiger charge is 2.38. The summed E-state index contributed by atoms with van der Waals surface area (Å²) >= 11 is 0. The minimum absolute atomic E-state index is 0.819. The van der Waals surface area contributed by atoms with E-state index in [0.717, 1.165) is 37.6 Å². The van der Waals surface area contributed by atoms with Gasteiger partial charge in [-0.2, -0.15) is 0 Å². The van der Waals surface area contributed by atoms with Gasteiger partial charge in [0, 0.05) is 19.2 Å². The third-order valence-electron chi connectivity index (χ3n) is 3.60. The Balaban J connectivity index is 1.60. The number of fused-ring (bicyclic) bond motifs is 2. The van der Waals surface area contributed by atoms with Crippen LogP contribution in [0, 0.1) is 11.8 Å². The van der Waals surface area contributed by atoms with Gasteiger partial charge in [-0.3, -0.25) is 0 Å². The molecule has 76 valence electrons. The first-order valence-corrected chi connectivity index (χ1v) is 5.71. The molecule has 13 heavy (non-hydrogen) atoms. The van der Waals surface area contributed by atoms with Crippen LogP contribution in [-0.2, 0) is 4.74 Å². The molecule has 0 aromatic carbocycles. The maximum atomic E-state index is 5.31. The van der Waals surface area contributed by atoms with Gasteiger partial charge >= 0.3 is 0 Å². The zero-order valence-corrected chi connectivity index (χ0v) is 8.59. The highest BCUT2D eigenvalue weighted by Crippen LogP contribution is 2.44.